The molecule has 0 saturated carbocycles. The molecule has 0 unspecified atom stereocenters. The molecule has 0 aromatic heterocycles. The van der Waals surface area contributed by atoms with E-state index in [-0.39, 0.29) is 12.4 Å². The third kappa shape index (κ3) is 3.52. The molecule has 3 nitrogen and oxygen atoms in total. The molecule has 0 heterocycles. The maximum absolute atomic E-state index is 11.4. The Morgan fingerprint density at radius 2 is 1.85 bits per heavy atom. The zero-order valence-corrected chi connectivity index (χ0v) is 12.0. The number of esters is 1. The van der Waals surface area contributed by atoms with Crippen molar-refractivity contribution in [3.63, 3.8) is 0 Å². The minimum Gasteiger partial charge on any atom is -0.469 e. The van der Waals surface area contributed by atoms with Gasteiger partial charge in [0.05, 0.1) is 13.5 Å². The van der Waals surface area contributed by atoms with Crippen molar-refractivity contribution in [1.29, 1.82) is 0 Å². The first-order valence-electron chi connectivity index (χ1n) is 6.27. The highest BCUT2D eigenvalue weighted by Crippen LogP contribution is 2.23. The summed E-state index contributed by atoms with van der Waals surface area (Å²) in [6, 6.07) is 13.2. The Labute approximate surface area is 123 Å². The average molecular weight is 290 g/mol. The summed E-state index contributed by atoms with van der Waals surface area (Å²) in [5.74, 6) is -0.253. The molecule has 0 bridgehead atoms. The molecular weight excluding hydrogens is 274 g/mol. The van der Waals surface area contributed by atoms with Gasteiger partial charge in [0.25, 0.3) is 0 Å². The van der Waals surface area contributed by atoms with Crippen LogP contribution in [0.15, 0.2) is 42.5 Å². The molecule has 20 heavy (non-hydrogen) atoms. The first kappa shape index (κ1) is 14.4. The van der Waals surface area contributed by atoms with Crippen molar-refractivity contribution < 1.29 is 9.53 Å². The summed E-state index contributed by atoms with van der Waals surface area (Å²) in [7, 11) is 1.39. The first-order chi connectivity index (χ1) is 9.60. The van der Waals surface area contributed by atoms with Gasteiger partial charge >= 0.3 is 5.97 Å². The van der Waals surface area contributed by atoms with Crippen LogP contribution >= 0.6 is 11.6 Å². The van der Waals surface area contributed by atoms with E-state index in [1.165, 1.54) is 7.11 Å². The van der Waals surface area contributed by atoms with Crippen molar-refractivity contribution in [3.05, 3.63) is 64.2 Å². The number of nitrogens with two attached hydrogens (primary N) is 1. The number of benzene rings is 2. The molecule has 4 heteroatoms. The Balaban J connectivity index is 2.29. The summed E-state index contributed by atoms with van der Waals surface area (Å²) in [4.78, 5) is 11.4. The molecule has 0 aliphatic carbocycles. The Morgan fingerprint density at radius 1 is 1.15 bits per heavy atom. The van der Waals surface area contributed by atoms with Gasteiger partial charge < -0.3 is 10.5 Å². The van der Waals surface area contributed by atoms with Crippen LogP contribution in [-0.4, -0.2) is 13.1 Å². The van der Waals surface area contributed by atoms with Gasteiger partial charge in [0, 0.05) is 10.7 Å². The summed E-state index contributed by atoms with van der Waals surface area (Å²) < 4.78 is 4.72. The maximum Gasteiger partial charge on any atom is 0.309 e. The Morgan fingerprint density at radius 3 is 2.55 bits per heavy atom. The van der Waals surface area contributed by atoms with Crippen LogP contribution < -0.4 is 5.73 Å². The van der Waals surface area contributed by atoms with E-state index in [9.17, 15) is 4.79 Å². The number of carbonyl (C=O) groups excluding carboxylic acids is 1. The van der Waals surface area contributed by atoms with Crippen LogP contribution in [0.1, 0.15) is 16.7 Å². The molecule has 2 rings (SSSR count). The molecular formula is C16H16ClNO2. The second-order valence-corrected chi connectivity index (χ2v) is 4.98. The van der Waals surface area contributed by atoms with E-state index in [1.807, 2.05) is 30.3 Å². The van der Waals surface area contributed by atoms with Crippen molar-refractivity contribution >= 4 is 23.3 Å². The number of hydrogen-bond acceptors (Lipinski definition) is 3. The quantitative estimate of drug-likeness (QED) is 0.694. The molecule has 0 amide bonds. The number of rotatable bonds is 4. The van der Waals surface area contributed by atoms with Gasteiger partial charge in [-0.15, -0.1) is 0 Å². The number of anilines is 1. The Kier molecular flexibility index (Phi) is 4.64. The number of methoxy groups -OCH3 is 1. The number of hydrogen-bond donors (Lipinski definition) is 1. The lowest BCUT2D eigenvalue weighted by molar-refractivity contribution is -0.139. The smallest absolute Gasteiger partial charge is 0.309 e. The second-order valence-electron chi connectivity index (χ2n) is 4.54. The Bertz CT molecular complexity index is 626. The normalized spacial score (nSPS) is 10.3. The van der Waals surface area contributed by atoms with Crippen molar-refractivity contribution in [1.82, 2.24) is 0 Å². The summed E-state index contributed by atoms with van der Waals surface area (Å²) in [5.41, 5.74) is 9.61. The summed E-state index contributed by atoms with van der Waals surface area (Å²) in [6.45, 7) is 0. The molecule has 104 valence electrons. The van der Waals surface area contributed by atoms with Gasteiger partial charge in [-0.1, -0.05) is 35.9 Å². The number of nitrogen functional groups attached to an aromatic ring is 1. The van der Waals surface area contributed by atoms with Gasteiger partial charge in [-0.05, 0) is 41.3 Å². The van der Waals surface area contributed by atoms with Crippen LogP contribution in [-0.2, 0) is 22.4 Å². The predicted octanol–water partition coefficient (Wildman–Crippen LogP) is 3.23. The van der Waals surface area contributed by atoms with Gasteiger partial charge in [-0.25, -0.2) is 0 Å². The SMILES string of the molecule is COC(=O)Cc1ccccc1Cc1cc(Cl)ccc1N. The molecule has 2 aromatic rings. The highest BCUT2D eigenvalue weighted by Gasteiger charge is 2.10. The molecule has 0 saturated heterocycles. The van der Waals surface area contributed by atoms with Crippen LogP contribution in [0.5, 0.6) is 0 Å². The Hall–Kier alpha value is -2.00. The van der Waals surface area contributed by atoms with E-state index in [2.05, 4.69) is 0 Å². The van der Waals surface area contributed by atoms with Gasteiger partial charge in [0.15, 0.2) is 0 Å². The van der Waals surface area contributed by atoms with Crippen LogP contribution in [0, 0.1) is 0 Å². The number of halogens is 1. The van der Waals surface area contributed by atoms with Gasteiger partial charge in [0.2, 0.25) is 0 Å². The number of carbonyl (C=O) groups is 1. The lowest BCUT2D eigenvalue weighted by Gasteiger charge is -2.11. The third-order valence-corrected chi connectivity index (χ3v) is 3.40. The van der Waals surface area contributed by atoms with Crippen molar-refractivity contribution in [3.8, 4) is 0 Å². The highest BCUT2D eigenvalue weighted by molar-refractivity contribution is 6.30. The van der Waals surface area contributed by atoms with E-state index in [4.69, 9.17) is 22.1 Å². The molecule has 0 aliphatic rings. The van der Waals surface area contributed by atoms with Crippen molar-refractivity contribution in [2.24, 2.45) is 0 Å². The van der Waals surface area contributed by atoms with Crippen molar-refractivity contribution in [2.75, 3.05) is 12.8 Å². The largest absolute Gasteiger partial charge is 0.469 e. The highest BCUT2D eigenvalue weighted by atomic mass is 35.5. The minimum absolute atomic E-state index is 0.253. The second kappa shape index (κ2) is 6.44. The summed E-state index contributed by atoms with van der Waals surface area (Å²) in [5, 5.41) is 0.652. The number of ether oxygens (including phenoxy) is 1. The third-order valence-electron chi connectivity index (χ3n) is 3.17. The fourth-order valence-electron chi connectivity index (χ4n) is 2.06. The molecule has 0 atom stereocenters. The molecule has 0 spiro atoms. The fourth-order valence-corrected chi connectivity index (χ4v) is 2.26. The van der Waals surface area contributed by atoms with Gasteiger partial charge in [0.1, 0.15) is 0 Å². The van der Waals surface area contributed by atoms with E-state index in [1.54, 1.807) is 12.1 Å². The summed E-state index contributed by atoms with van der Waals surface area (Å²) >= 11 is 6.00. The van der Waals surface area contributed by atoms with Gasteiger partial charge in [-0.2, -0.15) is 0 Å². The first-order valence-corrected chi connectivity index (χ1v) is 6.65. The van der Waals surface area contributed by atoms with Gasteiger partial charge in [-0.3, -0.25) is 4.79 Å². The summed E-state index contributed by atoms with van der Waals surface area (Å²) in [6.07, 6.45) is 0.896. The van der Waals surface area contributed by atoms with Crippen LogP contribution in [0.3, 0.4) is 0 Å². The fraction of sp³-hybridized carbons (Fsp3) is 0.188. The molecule has 2 N–H and O–H groups in total. The van der Waals surface area contributed by atoms with E-state index >= 15 is 0 Å². The van der Waals surface area contributed by atoms with Crippen molar-refractivity contribution in [2.45, 2.75) is 12.8 Å². The minimum atomic E-state index is -0.253. The molecule has 2 aromatic carbocycles. The van der Waals surface area contributed by atoms with Crippen LogP contribution in [0.25, 0.3) is 0 Å². The van der Waals surface area contributed by atoms with Crippen LogP contribution in [0.4, 0.5) is 5.69 Å². The zero-order chi connectivity index (χ0) is 14.5. The van der Waals surface area contributed by atoms with E-state index in [0.717, 1.165) is 16.7 Å². The molecule has 0 aliphatic heterocycles. The zero-order valence-electron chi connectivity index (χ0n) is 11.2. The van der Waals surface area contributed by atoms with E-state index in [0.29, 0.717) is 17.1 Å². The maximum atomic E-state index is 11.4. The lowest BCUT2D eigenvalue weighted by Crippen LogP contribution is -2.07. The standard InChI is InChI=1S/C16H16ClNO2/c1-20-16(19)10-12-5-3-2-4-11(12)8-13-9-14(17)6-7-15(13)18/h2-7,9H,8,10,18H2,1H3. The topological polar surface area (TPSA) is 52.3 Å². The predicted molar refractivity (Wildman–Crippen MR) is 80.8 cm³/mol. The average Bonchev–Trinajstić information content (AvgIpc) is 2.44. The monoisotopic (exact) mass is 289 g/mol. The van der Waals surface area contributed by atoms with Crippen LogP contribution in [0.2, 0.25) is 5.02 Å². The molecule has 0 radical (unpaired) electrons. The van der Waals surface area contributed by atoms with E-state index < -0.39 is 0 Å². The lowest BCUT2D eigenvalue weighted by atomic mass is 9.97. The molecule has 0 fully saturated rings.